The van der Waals surface area contributed by atoms with Gasteiger partial charge in [-0.15, -0.1) is 0 Å². The maximum atomic E-state index is 14.2. The van der Waals surface area contributed by atoms with E-state index in [0.29, 0.717) is 77.9 Å². The number of piperidine rings is 2. The van der Waals surface area contributed by atoms with Crippen LogP contribution in [0.1, 0.15) is 48.8 Å². The Morgan fingerprint density at radius 3 is 2.27 bits per heavy atom. The molecule has 4 aliphatic heterocycles. The number of nitrogens with zero attached hydrogens (tertiary/aromatic N) is 6. The lowest BCUT2D eigenvalue weighted by atomic mass is 9.99. The van der Waals surface area contributed by atoms with E-state index in [4.69, 9.17) is 26.8 Å². The third-order valence-corrected chi connectivity index (χ3v) is 12.2. The Kier molecular flexibility index (Phi) is 14.9. The molecule has 4 amide bonds. The van der Waals surface area contributed by atoms with Crippen molar-refractivity contribution in [2.24, 2.45) is 0 Å². The third-order valence-electron chi connectivity index (χ3n) is 11.9. The van der Waals surface area contributed by atoms with Crippen LogP contribution in [-0.4, -0.2) is 164 Å². The number of hydrogen-bond acceptors (Lipinski definition) is 10. The number of esters is 1. The number of nitrogen functional groups attached to an aromatic ring is 1. The van der Waals surface area contributed by atoms with Crippen molar-refractivity contribution in [3.05, 3.63) is 58.1 Å². The lowest BCUT2D eigenvalue weighted by Gasteiger charge is -2.43. The van der Waals surface area contributed by atoms with Crippen molar-refractivity contribution < 1.29 is 41.8 Å². The van der Waals surface area contributed by atoms with Gasteiger partial charge < -0.3 is 45.0 Å². The Morgan fingerprint density at radius 2 is 1.59 bits per heavy atom. The van der Waals surface area contributed by atoms with Gasteiger partial charge in [0.05, 0.1) is 22.7 Å². The molecule has 0 spiro atoms. The summed E-state index contributed by atoms with van der Waals surface area (Å²) in [6, 6.07) is 9.71. The van der Waals surface area contributed by atoms with Gasteiger partial charge in [0.2, 0.25) is 0 Å². The predicted octanol–water partition coefficient (Wildman–Crippen LogP) is 4.65. The largest absolute Gasteiger partial charge is 0.464 e. The second-order valence-electron chi connectivity index (χ2n) is 16.1. The number of benzene rings is 2. The van der Waals surface area contributed by atoms with Gasteiger partial charge >= 0.3 is 24.3 Å². The molecule has 0 radical (unpaired) electrons. The number of piperazine rings is 1. The van der Waals surface area contributed by atoms with Crippen LogP contribution in [-0.2, 0) is 38.1 Å². The molecule has 2 aromatic rings. The Labute approximate surface area is 348 Å². The minimum atomic E-state index is -4.79. The summed E-state index contributed by atoms with van der Waals surface area (Å²) in [5, 5.41) is 2.68. The lowest BCUT2D eigenvalue weighted by molar-refractivity contribution is -0.145. The molecule has 3 saturated heterocycles. The standard InChI is InChI=1S/C41H56ClF3N8O6/c1-48(2)23-24-58-36(54)12-13-49-19-21-50(22-20-49)30-8-14-51(15-9-30)38(55)35(27-28-25-32(41(43,44)45)37(46)33(42)26-28)59-40(57)52-16-10-31(11-17-52)53-18-7-29-5-3-4-6-34(29)47-39(53)56/h3-6,25-26,30-31,35H,7-24,27,46H2,1-2H3,(H,47,56)/t35-/m1/s1. The Bertz CT molecular complexity index is 1800. The van der Waals surface area contributed by atoms with Crippen LogP contribution >= 0.6 is 11.6 Å². The van der Waals surface area contributed by atoms with Crippen LogP contribution in [0.25, 0.3) is 0 Å². The van der Waals surface area contributed by atoms with Crippen molar-refractivity contribution in [1.82, 2.24) is 29.4 Å². The second-order valence-corrected chi connectivity index (χ2v) is 16.5. The fourth-order valence-electron chi connectivity index (χ4n) is 8.39. The van der Waals surface area contributed by atoms with Crippen LogP contribution < -0.4 is 11.1 Å². The second kappa shape index (κ2) is 19.8. The third kappa shape index (κ3) is 11.7. The van der Waals surface area contributed by atoms with Crippen LogP contribution in [0.5, 0.6) is 0 Å². The summed E-state index contributed by atoms with van der Waals surface area (Å²) in [6.07, 6.45) is -3.91. The van der Waals surface area contributed by atoms with E-state index in [1.165, 1.54) is 11.0 Å². The van der Waals surface area contributed by atoms with E-state index in [-0.39, 0.29) is 54.2 Å². The molecule has 59 heavy (non-hydrogen) atoms. The first kappa shape index (κ1) is 44.2. The number of hydrogen-bond donors (Lipinski definition) is 2. The normalized spacial score (nSPS) is 19.6. The number of urea groups is 1. The number of rotatable bonds is 12. The summed E-state index contributed by atoms with van der Waals surface area (Å²) in [7, 11) is 3.85. The lowest BCUT2D eigenvalue weighted by Crippen LogP contribution is -2.55. The molecule has 14 nitrogen and oxygen atoms in total. The molecular weight excluding hydrogens is 793 g/mol. The fraction of sp³-hybridized carbons (Fsp3) is 0.610. The van der Waals surface area contributed by atoms with E-state index in [1.54, 1.807) is 9.80 Å². The quantitative estimate of drug-likeness (QED) is 0.229. The van der Waals surface area contributed by atoms with Gasteiger partial charge in [0.1, 0.15) is 6.61 Å². The van der Waals surface area contributed by atoms with Gasteiger partial charge in [-0.25, -0.2) is 9.59 Å². The van der Waals surface area contributed by atoms with Crippen molar-refractivity contribution in [3.63, 3.8) is 0 Å². The van der Waals surface area contributed by atoms with E-state index in [2.05, 4.69) is 15.1 Å². The van der Waals surface area contributed by atoms with Gasteiger partial charge in [-0.3, -0.25) is 14.5 Å². The number of halogens is 4. The molecule has 4 heterocycles. The fourth-order valence-corrected chi connectivity index (χ4v) is 8.63. The Hall–Kier alpha value is -4.32. The van der Waals surface area contributed by atoms with Gasteiger partial charge in [-0.05, 0) is 75.5 Å². The van der Waals surface area contributed by atoms with E-state index in [0.717, 1.165) is 43.5 Å². The zero-order valence-electron chi connectivity index (χ0n) is 33.9. The van der Waals surface area contributed by atoms with E-state index >= 15 is 0 Å². The van der Waals surface area contributed by atoms with Crippen LogP contribution in [0.15, 0.2) is 36.4 Å². The average molecular weight is 849 g/mol. The summed E-state index contributed by atoms with van der Waals surface area (Å²) >= 11 is 6.15. The van der Waals surface area contributed by atoms with Crippen LogP contribution in [0.3, 0.4) is 0 Å². The molecule has 3 N–H and O–H groups in total. The zero-order valence-corrected chi connectivity index (χ0v) is 34.6. The molecule has 3 fully saturated rings. The summed E-state index contributed by atoms with van der Waals surface area (Å²) < 4.78 is 52.9. The number of nitrogens with two attached hydrogens (primary N) is 1. The highest BCUT2D eigenvalue weighted by molar-refractivity contribution is 6.33. The summed E-state index contributed by atoms with van der Waals surface area (Å²) in [4.78, 5) is 64.7. The van der Waals surface area contributed by atoms with E-state index in [1.807, 2.05) is 43.3 Å². The minimum Gasteiger partial charge on any atom is -0.464 e. The zero-order chi connectivity index (χ0) is 42.3. The van der Waals surface area contributed by atoms with Crippen molar-refractivity contribution >= 4 is 47.0 Å². The maximum absolute atomic E-state index is 14.2. The molecule has 0 unspecified atom stereocenters. The number of anilines is 2. The first-order chi connectivity index (χ1) is 28.2. The first-order valence-corrected chi connectivity index (χ1v) is 20.9. The van der Waals surface area contributed by atoms with Crippen LogP contribution in [0.4, 0.5) is 34.1 Å². The monoisotopic (exact) mass is 848 g/mol. The van der Waals surface area contributed by atoms with Crippen molar-refractivity contribution in [2.45, 2.75) is 69.3 Å². The molecule has 324 valence electrons. The number of carbonyl (C=O) groups is 4. The molecule has 18 heteroatoms. The molecule has 6 rings (SSSR count). The predicted molar refractivity (Wildman–Crippen MR) is 217 cm³/mol. The van der Waals surface area contributed by atoms with Crippen molar-refractivity contribution in [2.75, 3.05) is 104 Å². The van der Waals surface area contributed by atoms with E-state index in [9.17, 15) is 32.3 Å². The number of alkyl halides is 3. The Balaban J connectivity index is 1.04. The van der Waals surface area contributed by atoms with E-state index < -0.39 is 35.5 Å². The molecule has 0 aromatic heterocycles. The number of ether oxygens (including phenoxy) is 2. The minimum absolute atomic E-state index is 0.0594. The highest BCUT2D eigenvalue weighted by Crippen LogP contribution is 2.38. The highest BCUT2D eigenvalue weighted by atomic mass is 35.5. The van der Waals surface area contributed by atoms with Crippen LogP contribution in [0, 0.1) is 0 Å². The summed E-state index contributed by atoms with van der Waals surface area (Å²) in [5.74, 6) is -0.693. The Morgan fingerprint density at radius 1 is 0.932 bits per heavy atom. The van der Waals surface area contributed by atoms with Gasteiger partial charge in [0.15, 0.2) is 6.10 Å². The average Bonchev–Trinajstić information content (AvgIpc) is 3.38. The number of nitrogens with one attached hydrogen (secondary N) is 1. The number of likely N-dealkylation sites (tertiary alicyclic amines) is 2. The number of fused-ring (bicyclic) bond motifs is 1. The number of amides is 4. The molecule has 4 aliphatic rings. The smallest absolute Gasteiger partial charge is 0.418 e. The molecule has 0 aliphatic carbocycles. The van der Waals surface area contributed by atoms with Gasteiger partial charge in [0.25, 0.3) is 5.91 Å². The van der Waals surface area contributed by atoms with Gasteiger partial charge in [0, 0.05) is 96.2 Å². The summed E-state index contributed by atoms with van der Waals surface area (Å²) in [6.45, 7) is 6.79. The molecular formula is C41H56ClF3N8O6. The van der Waals surface area contributed by atoms with Gasteiger partial charge in [-0.1, -0.05) is 29.8 Å². The molecule has 0 bridgehead atoms. The maximum Gasteiger partial charge on any atom is 0.418 e. The van der Waals surface area contributed by atoms with Crippen LogP contribution in [0.2, 0.25) is 5.02 Å². The SMILES string of the molecule is CN(C)CCOC(=O)CCN1CCN(C2CCN(C(=O)[C@@H](Cc3cc(Cl)c(N)c(C(F)(F)F)c3)OC(=O)N3CCC(N4CCc5ccccc5NC4=O)CC3)CC2)CC1. The summed E-state index contributed by atoms with van der Waals surface area (Å²) in [5.41, 5.74) is 5.84. The topological polar surface area (TPSA) is 144 Å². The number of carbonyl (C=O) groups excluding carboxylic acids is 4. The number of para-hydroxylation sites is 1. The first-order valence-electron chi connectivity index (χ1n) is 20.5. The molecule has 2 aromatic carbocycles. The molecule has 1 atom stereocenters. The van der Waals surface area contributed by atoms with Gasteiger partial charge in [-0.2, -0.15) is 13.2 Å². The van der Waals surface area contributed by atoms with Crippen molar-refractivity contribution in [1.29, 1.82) is 0 Å². The highest BCUT2D eigenvalue weighted by Gasteiger charge is 2.38. The van der Waals surface area contributed by atoms with Crippen molar-refractivity contribution in [3.8, 4) is 0 Å². The molecule has 0 saturated carbocycles. The number of likely N-dealkylation sites (N-methyl/N-ethyl adjacent to an activating group) is 1.